The van der Waals surface area contributed by atoms with Gasteiger partial charge in [0.05, 0.1) is 30.2 Å². The first kappa shape index (κ1) is 17.6. The lowest BCUT2D eigenvalue weighted by atomic mass is 10.2. The van der Waals surface area contributed by atoms with Crippen molar-refractivity contribution in [2.45, 2.75) is 53.1 Å². The Bertz CT molecular complexity index is 776. The normalized spacial score (nSPS) is 18.0. The molecule has 8 nitrogen and oxygen atoms in total. The Kier molecular flexibility index (Phi) is 4.89. The second kappa shape index (κ2) is 6.95. The van der Waals surface area contributed by atoms with Crippen LogP contribution in [0.4, 0.5) is 5.69 Å². The average molecular weight is 345 g/mol. The van der Waals surface area contributed by atoms with Crippen LogP contribution in [0, 0.1) is 27.7 Å². The molecule has 0 radical (unpaired) electrons. The van der Waals surface area contributed by atoms with Crippen LogP contribution in [0.5, 0.6) is 0 Å². The zero-order chi connectivity index (χ0) is 18.1. The van der Waals surface area contributed by atoms with E-state index in [1.165, 1.54) is 0 Å². The lowest BCUT2D eigenvalue weighted by molar-refractivity contribution is -0.117. The van der Waals surface area contributed by atoms with Crippen LogP contribution in [0.2, 0.25) is 0 Å². The fourth-order valence-corrected chi connectivity index (χ4v) is 3.56. The molecular weight excluding hydrogens is 318 g/mol. The Morgan fingerprint density at radius 3 is 2.60 bits per heavy atom. The van der Waals surface area contributed by atoms with Crippen LogP contribution in [0.1, 0.15) is 35.9 Å². The van der Waals surface area contributed by atoms with E-state index in [0.717, 1.165) is 54.7 Å². The molecule has 2 aromatic heterocycles. The van der Waals surface area contributed by atoms with Gasteiger partial charge in [0, 0.05) is 13.1 Å². The number of carbonyl (C=O) groups excluding carboxylic acids is 1. The molecule has 0 aliphatic carbocycles. The lowest BCUT2D eigenvalue weighted by Crippen LogP contribution is -2.39. The van der Waals surface area contributed by atoms with Gasteiger partial charge >= 0.3 is 0 Å². The third-order valence-electron chi connectivity index (χ3n) is 4.97. The molecule has 25 heavy (non-hydrogen) atoms. The summed E-state index contributed by atoms with van der Waals surface area (Å²) in [4.78, 5) is 19.1. The fourth-order valence-electron chi connectivity index (χ4n) is 3.56. The fraction of sp³-hybridized carbons (Fsp3) is 0.647. The van der Waals surface area contributed by atoms with Crippen molar-refractivity contribution in [3.05, 3.63) is 23.0 Å². The van der Waals surface area contributed by atoms with Gasteiger partial charge in [0.1, 0.15) is 11.6 Å². The maximum atomic E-state index is 12.5. The zero-order valence-corrected chi connectivity index (χ0v) is 15.7. The number of aromatic nitrogens is 5. The minimum absolute atomic E-state index is 0.0117. The predicted octanol–water partition coefficient (Wildman–Crippen LogP) is 1.35. The summed E-state index contributed by atoms with van der Waals surface area (Å²) in [5.74, 6) is 1.73. The number of likely N-dealkylation sites (tertiary alicyclic amines) is 1. The molecule has 1 atom stereocenters. The van der Waals surface area contributed by atoms with Crippen LogP contribution in [-0.4, -0.2) is 54.5 Å². The van der Waals surface area contributed by atoms with Crippen molar-refractivity contribution >= 4 is 11.6 Å². The lowest BCUT2D eigenvalue weighted by Gasteiger charge is -2.24. The second-order valence-corrected chi connectivity index (χ2v) is 6.87. The van der Waals surface area contributed by atoms with Gasteiger partial charge in [-0.2, -0.15) is 10.2 Å². The van der Waals surface area contributed by atoms with Crippen molar-refractivity contribution in [1.29, 1.82) is 0 Å². The minimum atomic E-state index is 0.0117. The maximum Gasteiger partial charge on any atom is 0.238 e. The van der Waals surface area contributed by atoms with Crippen molar-refractivity contribution < 1.29 is 4.79 Å². The summed E-state index contributed by atoms with van der Waals surface area (Å²) in [5.41, 5.74) is 2.64. The van der Waals surface area contributed by atoms with Gasteiger partial charge in [0.2, 0.25) is 5.91 Å². The standard InChI is InChI=1S/C17H27N7O/c1-11-17(12(2)22(5)20-11)19-16(25)10-23-8-6-7-15(23)9-24-14(4)18-13(3)21-24/h15H,6-10H2,1-5H3,(H,19,25)/t15-/m0/s1. The van der Waals surface area contributed by atoms with Gasteiger partial charge in [-0.05, 0) is 47.1 Å². The molecule has 0 aromatic carbocycles. The van der Waals surface area contributed by atoms with Crippen LogP contribution >= 0.6 is 0 Å². The van der Waals surface area contributed by atoms with Crippen molar-refractivity contribution in [3.8, 4) is 0 Å². The first-order chi connectivity index (χ1) is 11.8. The number of hydrogen-bond acceptors (Lipinski definition) is 5. The molecule has 1 aliphatic heterocycles. The van der Waals surface area contributed by atoms with Crippen LogP contribution in [0.25, 0.3) is 0 Å². The van der Waals surface area contributed by atoms with E-state index in [1.807, 2.05) is 39.4 Å². The van der Waals surface area contributed by atoms with Crippen LogP contribution in [0.3, 0.4) is 0 Å². The number of nitrogens with zero attached hydrogens (tertiary/aromatic N) is 6. The molecule has 0 unspecified atom stereocenters. The first-order valence-electron chi connectivity index (χ1n) is 8.77. The Balaban J connectivity index is 1.63. The summed E-state index contributed by atoms with van der Waals surface area (Å²) in [5, 5.41) is 11.8. The molecule has 136 valence electrons. The number of nitrogens with one attached hydrogen (secondary N) is 1. The van der Waals surface area contributed by atoms with Gasteiger partial charge in [-0.15, -0.1) is 0 Å². The molecule has 2 aromatic rings. The number of anilines is 1. The van der Waals surface area contributed by atoms with Crippen LogP contribution < -0.4 is 5.32 Å². The Morgan fingerprint density at radius 2 is 2.00 bits per heavy atom. The Morgan fingerprint density at radius 1 is 1.24 bits per heavy atom. The van der Waals surface area contributed by atoms with Gasteiger partial charge in [-0.1, -0.05) is 0 Å². The Hall–Kier alpha value is -2.22. The molecule has 3 rings (SSSR count). The molecule has 3 heterocycles. The summed E-state index contributed by atoms with van der Waals surface area (Å²) in [7, 11) is 1.89. The molecule has 1 amide bonds. The molecule has 0 saturated carbocycles. The van der Waals surface area contributed by atoms with E-state index in [2.05, 4.69) is 25.4 Å². The van der Waals surface area contributed by atoms with Gasteiger partial charge in [-0.3, -0.25) is 14.4 Å². The highest BCUT2D eigenvalue weighted by atomic mass is 16.2. The molecule has 0 bridgehead atoms. The van der Waals surface area contributed by atoms with E-state index in [1.54, 1.807) is 4.68 Å². The molecule has 1 N–H and O–H groups in total. The summed E-state index contributed by atoms with van der Waals surface area (Å²) in [6.45, 7) is 9.87. The van der Waals surface area contributed by atoms with E-state index in [0.29, 0.717) is 12.6 Å². The van der Waals surface area contributed by atoms with Crippen molar-refractivity contribution in [2.75, 3.05) is 18.4 Å². The van der Waals surface area contributed by atoms with E-state index in [9.17, 15) is 4.79 Å². The number of carbonyl (C=O) groups is 1. The zero-order valence-electron chi connectivity index (χ0n) is 15.7. The first-order valence-corrected chi connectivity index (χ1v) is 8.77. The molecule has 1 fully saturated rings. The summed E-state index contributed by atoms with van der Waals surface area (Å²) < 4.78 is 3.74. The topological polar surface area (TPSA) is 80.9 Å². The largest absolute Gasteiger partial charge is 0.322 e. The summed E-state index contributed by atoms with van der Waals surface area (Å²) in [6.07, 6.45) is 2.19. The second-order valence-electron chi connectivity index (χ2n) is 6.87. The van der Waals surface area contributed by atoms with E-state index >= 15 is 0 Å². The highest BCUT2D eigenvalue weighted by molar-refractivity contribution is 5.93. The minimum Gasteiger partial charge on any atom is -0.322 e. The van der Waals surface area contributed by atoms with Gasteiger partial charge < -0.3 is 5.32 Å². The molecule has 1 saturated heterocycles. The highest BCUT2D eigenvalue weighted by Crippen LogP contribution is 2.21. The monoisotopic (exact) mass is 345 g/mol. The quantitative estimate of drug-likeness (QED) is 0.885. The smallest absolute Gasteiger partial charge is 0.238 e. The van der Waals surface area contributed by atoms with Gasteiger partial charge in [0.25, 0.3) is 0 Å². The summed E-state index contributed by atoms with van der Waals surface area (Å²) >= 11 is 0. The van der Waals surface area contributed by atoms with Crippen LogP contribution in [-0.2, 0) is 18.4 Å². The third-order valence-corrected chi connectivity index (χ3v) is 4.97. The van der Waals surface area contributed by atoms with Gasteiger partial charge in [-0.25, -0.2) is 9.67 Å². The molecular formula is C17H27N7O. The molecule has 8 heteroatoms. The third kappa shape index (κ3) is 3.73. The molecule has 0 spiro atoms. The maximum absolute atomic E-state index is 12.5. The van der Waals surface area contributed by atoms with Crippen molar-refractivity contribution in [2.24, 2.45) is 7.05 Å². The number of amides is 1. The van der Waals surface area contributed by atoms with Gasteiger partial charge in [0.15, 0.2) is 0 Å². The molecule has 1 aliphatic rings. The number of rotatable bonds is 5. The van der Waals surface area contributed by atoms with E-state index < -0.39 is 0 Å². The van der Waals surface area contributed by atoms with E-state index in [4.69, 9.17) is 0 Å². The van der Waals surface area contributed by atoms with E-state index in [-0.39, 0.29) is 5.91 Å². The van der Waals surface area contributed by atoms with Crippen LogP contribution in [0.15, 0.2) is 0 Å². The number of aryl methyl sites for hydroxylation is 4. The average Bonchev–Trinajstić information content (AvgIpc) is 3.16. The highest BCUT2D eigenvalue weighted by Gasteiger charge is 2.27. The summed E-state index contributed by atoms with van der Waals surface area (Å²) in [6, 6.07) is 0.321. The van der Waals surface area contributed by atoms with Crippen molar-refractivity contribution in [1.82, 2.24) is 29.4 Å². The Labute approximate surface area is 148 Å². The SMILES string of the molecule is Cc1nc(C)n(C[C@@H]2CCCN2CC(=O)Nc2c(C)nn(C)c2C)n1. The number of hydrogen-bond donors (Lipinski definition) is 1. The predicted molar refractivity (Wildman–Crippen MR) is 95.4 cm³/mol. The van der Waals surface area contributed by atoms with Crippen molar-refractivity contribution in [3.63, 3.8) is 0 Å².